The van der Waals surface area contributed by atoms with Crippen LogP contribution in [0.1, 0.15) is 11.1 Å². The van der Waals surface area contributed by atoms with Crippen molar-refractivity contribution in [2.75, 3.05) is 29.5 Å². The largest absolute Gasteiger partial charge is 0.369 e. The summed E-state index contributed by atoms with van der Waals surface area (Å²) in [7, 11) is -2.87. The van der Waals surface area contributed by atoms with Crippen molar-refractivity contribution in [1.29, 1.82) is 5.26 Å². The molecule has 0 spiro atoms. The summed E-state index contributed by atoms with van der Waals surface area (Å²) in [4.78, 5) is 7.76. The third-order valence-electron chi connectivity index (χ3n) is 4.95. The maximum Gasteiger partial charge on any atom is 0.153 e. The molecule has 142 valence electrons. The number of aryl methyl sites for hydroxylation is 1. The lowest BCUT2D eigenvalue weighted by Crippen LogP contribution is -2.40. The van der Waals surface area contributed by atoms with Crippen LogP contribution in [0, 0.1) is 18.3 Å². The molecule has 1 saturated heterocycles. The Labute approximate surface area is 168 Å². The van der Waals surface area contributed by atoms with Crippen LogP contribution in [0.15, 0.2) is 48.7 Å². The molecule has 1 fully saturated rings. The molecular weight excluding hydrogens is 390 g/mol. The van der Waals surface area contributed by atoms with E-state index in [2.05, 4.69) is 28.1 Å². The van der Waals surface area contributed by atoms with E-state index < -0.39 is 9.84 Å². The summed E-state index contributed by atoms with van der Waals surface area (Å²) >= 11 is 1.62. The van der Waals surface area contributed by atoms with Crippen molar-refractivity contribution in [2.24, 2.45) is 0 Å². The molecule has 4 rings (SSSR count). The van der Waals surface area contributed by atoms with E-state index in [1.807, 2.05) is 43.5 Å². The standard InChI is InChI=1S/C21H19N3O2S2/c1-15-12-16(13-22)2-7-19(15)21-23-14-20(27-21)17-3-5-18(6-4-17)24-8-10-28(25,26)11-9-24/h2-7,12,14H,8-11H2,1H3. The van der Waals surface area contributed by atoms with E-state index in [9.17, 15) is 8.42 Å². The molecule has 28 heavy (non-hydrogen) atoms. The van der Waals surface area contributed by atoms with Crippen LogP contribution in [0.25, 0.3) is 21.0 Å². The zero-order valence-corrected chi connectivity index (χ0v) is 17.1. The molecule has 0 amide bonds. The first-order valence-electron chi connectivity index (χ1n) is 8.98. The van der Waals surface area contributed by atoms with Gasteiger partial charge in [0.15, 0.2) is 9.84 Å². The Bertz CT molecular complexity index is 1150. The number of rotatable bonds is 3. The summed E-state index contributed by atoms with van der Waals surface area (Å²) in [6, 6.07) is 16.0. The quantitative estimate of drug-likeness (QED) is 0.656. The summed E-state index contributed by atoms with van der Waals surface area (Å²) < 4.78 is 23.2. The fraction of sp³-hybridized carbons (Fsp3) is 0.238. The van der Waals surface area contributed by atoms with Crippen LogP contribution in [0.3, 0.4) is 0 Å². The normalized spacial score (nSPS) is 15.9. The van der Waals surface area contributed by atoms with Crippen LogP contribution in [0.2, 0.25) is 0 Å². The van der Waals surface area contributed by atoms with Crippen LogP contribution in [0.4, 0.5) is 5.69 Å². The Morgan fingerprint density at radius 1 is 1.11 bits per heavy atom. The van der Waals surface area contributed by atoms with Crippen LogP contribution < -0.4 is 4.90 Å². The van der Waals surface area contributed by atoms with Gasteiger partial charge in [-0.2, -0.15) is 5.26 Å². The molecule has 0 aliphatic carbocycles. The lowest BCUT2D eigenvalue weighted by Gasteiger charge is -2.28. The highest BCUT2D eigenvalue weighted by Gasteiger charge is 2.21. The number of hydrogen-bond acceptors (Lipinski definition) is 6. The first-order chi connectivity index (χ1) is 13.4. The predicted octanol–water partition coefficient (Wildman–Crippen LogP) is 3.89. The Morgan fingerprint density at radius 2 is 1.82 bits per heavy atom. The van der Waals surface area contributed by atoms with E-state index in [0.29, 0.717) is 18.7 Å². The van der Waals surface area contributed by atoms with Gasteiger partial charge in [-0.3, -0.25) is 0 Å². The number of anilines is 1. The van der Waals surface area contributed by atoms with Gasteiger partial charge in [-0.05, 0) is 42.3 Å². The van der Waals surface area contributed by atoms with Crippen molar-refractivity contribution < 1.29 is 8.42 Å². The van der Waals surface area contributed by atoms with Gasteiger partial charge in [0.25, 0.3) is 0 Å². The molecule has 0 bridgehead atoms. The molecule has 2 heterocycles. The fourth-order valence-corrected chi connectivity index (χ4v) is 5.53. The maximum absolute atomic E-state index is 11.6. The number of nitriles is 1. The van der Waals surface area contributed by atoms with Crippen LogP contribution in [-0.4, -0.2) is 38.0 Å². The lowest BCUT2D eigenvalue weighted by molar-refractivity contribution is 0.587. The van der Waals surface area contributed by atoms with Gasteiger partial charge < -0.3 is 4.90 Å². The smallest absolute Gasteiger partial charge is 0.153 e. The van der Waals surface area contributed by atoms with E-state index in [1.165, 1.54) is 0 Å². The maximum atomic E-state index is 11.6. The fourth-order valence-electron chi connectivity index (χ4n) is 3.31. The van der Waals surface area contributed by atoms with Gasteiger partial charge in [0.1, 0.15) is 5.01 Å². The van der Waals surface area contributed by atoms with Gasteiger partial charge in [-0.25, -0.2) is 13.4 Å². The highest BCUT2D eigenvalue weighted by molar-refractivity contribution is 7.91. The summed E-state index contributed by atoms with van der Waals surface area (Å²) in [5.41, 5.74) is 4.87. The molecule has 0 radical (unpaired) electrons. The minimum atomic E-state index is -2.87. The Morgan fingerprint density at radius 3 is 2.46 bits per heavy atom. The van der Waals surface area contributed by atoms with E-state index in [0.717, 1.165) is 32.3 Å². The van der Waals surface area contributed by atoms with Crippen LogP contribution in [-0.2, 0) is 9.84 Å². The Kier molecular flexibility index (Phi) is 4.92. The molecule has 1 aliphatic rings. The zero-order chi connectivity index (χ0) is 19.7. The minimum Gasteiger partial charge on any atom is -0.369 e. The Balaban J connectivity index is 1.54. The summed E-state index contributed by atoms with van der Waals surface area (Å²) in [6.07, 6.45) is 1.88. The number of nitrogens with zero attached hydrogens (tertiary/aromatic N) is 3. The number of thiazole rings is 1. The lowest BCUT2D eigenvalue weighted by atomic mass is 10.1. The highest BCUT2D eigenvalue weighted by atomic mass is 32.2. The molecule has 1 aromatic heterocycles. The summed E-state index contributed by atoms with van der Waals surface area (Å²) in [5, 5.41) is 9.95. The van der Waals surface area contributed by atoms with Gasteiger partial charge in [0.2, 0.25) is 0 Å². The zero-order valence-electron chi connectivity index (χ0n) is 15.4. The van der Waals surface area contributed by atoms with E-state index in [-0.39, 0.29) is 11.5 Å². The van der Waals surface area contributed by atoms with E-state index in [4.69, 9.17) is 5.26 Å². The van der Waals surface area contributed by atoms with E-state index >= 15 is 0 Å². The van der Waals surface area contributed by atoms with Gasteiger partial charge in [0.05, 0.1) is 28.0 Å². The molecule has 0 N–H and O–H groups in total. The number of sulfone groups is 1. The van der Waals surface area contributed by atoms with Crippen molar-refractivity contribution >= 4 is 26.9 Å². The van der Waals surface area contributed by atoms with E-state index in [1.54, 1.807) is 11.3 Å². The molecule has 1 aliphatic heterocycles. The molecule has 0 saturated carbocycles. The first-order valence-corrected chi connectivity index (χ1v) is 11.6. The van der Waals surface area contributed by atoms with Gasteiger partial charge in [-0.15, -0.1) is 11.3 Å². The van der Waals surface area contributed by atoms with Crippen LogP contribution >= 0.6 is 11.3 Å². The minimum absolute atomic E-state index is 0.219. The third kappa shape index (κ3) is 3.79. The molecule has 0 unspecified atom stereocenters. The molecule has 2 aromatic carbocycles. The molecular formula is C21H19N3O2S2. The van der Waals surface area contributed by atoms with Crippen molar-refractivity contribution in [3.63, 3.8) is 0 Å². The van der Waals surface area contributed by atoms with Crippen molar-refractivity contribution in [1.82, 2.24) is 4.98 Å². The average molecular weight is 410 g/mol. The monoisotopic (exact) mass is 409 g/mol. The Hall–Kier alpha value is -2.69. The first kappa shape index (κ1) is 18.7. The van der Waals surface area contributed by atoms with Crippen molar-refractivity contribution in [3.8, 4) is 27.1 Å². The van der Waals surface area contributed by atoms with Gasteiger partial charge in [-0.1, -0.05) is 18.2 Å². The molecule has 3 aromatic rings. The van der Waals surface area contributed by atoms with Crippen molar-refractivity contribution in [3.05, 3.63) is 59.8 Å². The average Bonchev–Trinajstić information content (AvgIpc) is 3.18. The molecule has 5 nitrogen and oxygen atoms in total. The number of aromatic nitrogens is 1. The second-order valence-corrected chi connectivity index (χ2v) is 10.2. The second-order valence-electron chi connectivity index (χ2n) is 6.86. The predicted molar refractivity (Wildman–Crippen MR) is 113 cm³/mol. The third-order valence-corrected chi connectivity index (χ3v) is 7.64. The van der Waals surface area contributed by atoms with Crippen molar-refractivity contribution in [2.45, 2.75) is 6.92 Å². The van der Waals surface area contributed by atoms with Gasteiger partial charge in [0, 0.05) is 30.5 Å². The van der Waals surface area contributed by atoms with Crippen LogP contribution in [0.5, 0.6) is 0 Å². The van der Waals surface area contributed by atoms with Gasteiger partial charge >= 0.3 is 0 Å². The summed E-state index contributed by atoms with van der Waals surface area (Å²) in [5.74, 6) is 0.438. The highest BCUT2D eigenvalue weighted by Crippen LogP contribution is 2.34. The number of hydrogen-bond donors (Lipinski definition) is 0. The SMILES string of the molecule is Cc1cc(C#N)ccc1-c1ncc(-c2ccc(N3CCS(=O)(=O)CC3)cc2)s1. The molecule has 7 heteroatoms. The number of benzene rings is 2. The molecule has 0 atom stereocenters. The summed E-state index contributed by atoms with van der Waals surface area (Å²) in [6.45, 7) is 3.08. The second kappa shape index (κ2) is 7.38. The topological polar surface area (TPSA) is 74.1 Å².